The minimum atomic E-state index is -1.32. The first kappa shape index (κ1) is 20.2. The topological polar surface area (TPSA) is 60.4 Å². The molecule has 0 aromatic heterocycles. The van der Waals surface area contributed by atoms with Crippen LogP contribution in [-0.2, 0) is 9.59 Å². The van der Waals surface area contributed by atoms with E-state index in [-0.39, 0.29) is 42.5 Å². The third kappa shape index (κ3) is 9.85. The number of aliphatic carboxylic acids is 1. The molecule has 0 aromatic rings. The average molecular weight is 269 g/mol. The van der Waals surface area contributed by atoms with Gasteiger partial charge in [0.25, 0.3) is 0 Å². The van der Waals surface area contributed by atoms with E-state index in [1.807, 2.05) is 6.92 Å². The van der Waals surface area contributed by atoms with Crippen LogP contribution in [0.1, 0.15) is 46.0 Å². The van der Waals surface area contributed by atoms with E-state index in [0.717, 1.165) is 24.2 Å². The van der Waals surface area contributed by atoms with Crippen molar-refractivity contribution in [3.8, 4) is 0 Å². The zero-order valence-corrected chi connectivity index (χ0v) is 13.6. The number of likely N-dealkylation sites (N-methyl/N-ethyl adjacent to an activating group) is 1. The summed E-state index contributed by atoms with van der Waals surface area (Å²) in [6.07, 6.45) is 1.67. The maximum atomic E-state index is 13.4. The Labute approximate surface area is 130 Å². The Morgan fingerprint density at radius 1 is 1.28 bits per heavy atom. The molecule has 0 heterocycles. The summed E-state index contributed by atoms with van der Waals surface area (Å²) in [5, 5.41) is 10.4. The summed E-state index contributed by atoms with van der Waals surface area (Å²) >= 11 is 0. The van der Waals surface area contributed by atoms with Crippen molar-refractivity contribution in [3.05, 3.63) is 0 Å². The van der Waals surface area contributed by atoms with Gasteiger partial charge in [-0.3, -0.25) is 4.79 Å². The van der Waals surface area contributed by atoms with Gasteiger partial charge in [0.1, 0.15) is 6.17 Å². The van der Waals surface area contributed by atoms with Gasteiger partial charge in [-0.1, -0.05) is 26.2 Å². The number of halogens is 1. The molecule has 0 aromatic carbocycles. The van der Waals surface area contributed by atoms with Gasteiger partial charge in [0.05, 0.1) is 18.9 Å². The number of amides is 1. The average Bonchev–Trinajstić information content (AvgIpc) is 2.25. The second kappa shape index (κ2) is 11.9. The molecule has 1 atom stereocenters. The molecule has 0 radical (unpaired) electrons. The Morgan fingerprint density at radius 3 is 2.33 bits per heavy atom. The first-order valence-electron chi connectivity index (χ1n) is 6.12. The summed E-state index contributed by atoms with van der Waals surface area (Å²) in [6.45, 7) is 3.48. The fourth-order valence-electron chi connectivity index (χ4n) is 1.57. The van der Waals surface area contributed by atoms with Crippen molar-refractivity contribution in [1.82, 2.24) is 4.90 Å². The van der Waals surface area contributed by atoms with Crippen LogP contribution < -0.4 is 34.7 Å². The molecule has 100 valence electrons. The zero-order chi connectivity index (χ0) is 13.3. The molecule has 0 aliphatic carbocycles. The number of rotatable bonds is 9. The fraction of sp³-hybridized carbons (Fsp3) is 0.833. The molecular formula is C12H21FNNaO3. The van der Waals surface area contributed by atoms with Crippen LogP contribution >= 0.6 is 0 Å². The van der Waals surface area contributed by atoms with Gasteiger partial charge in [-0.05, 0) is 13.3 Å². The van der Waals surface area contributed by atoms with Gasteiger partial charge in [-0.2, -0.15) is 0 Å². The number of carbonyl (C=O) groups is 2. The fourth-order valence-corrected chi connectivity index (χ4v) is 1.57. The summed E-state index contributed by atoms with van der Waals surface area (Å²) in [6, 6.07) is 0. The van der Waals surface area contributed by atoms with Crippen molar-refractivity contribution in [2.45, 2.75) is 52.1 Å². The van der Waals surface area contributed by atoms with Crippen LogP contribution in [0, 0.1) is 0 Å². The first-order chi connectivity index (χ1) is 8.01. The molecule has 0 aliphatic heterocycles. The van der Waals surface area contributed by atoms with Crippen LogP contribution in [0.3, 0.4) is 0 Å². The number of hydrogen-bond donors (Lipinski definition) is 0. The van der Waals surface area contributed by atoms with Crippen LogP contribution in [0.5, 0.6) is 0 Å². The molecule has 4 nitrogen and oxygen atoms in total. The number of carboxylic acids is 1. The molecule has 1 unspecified atom stereocenters. The molecule has 0 saturated carbocycles. The van der Waals surface area contributed by atoms with E-state index in [0.29, 0.717) is 6.42 Å². The first-order valence-corrected chi connectivity index (χ1v) is 6.12. The van der Waals surface area contributed by atoms with Gasteiger partial charge in [0.2, 0.25) is 5.91 Å². The number of alkyl halides is 1. The van der Waals surface area contributed by atoms with Crippen molar-refractivity contribution in [2.24, 2.45) is 0 Å². The smallest absolute Gasteiger partial charge is 0.548 e. The van der Waals surface area contributed by atoms with Crippen molar-refractivity contribution >= 4 is 11.9 Å². The van der Waals surface area contributed by atoms with E-state index in [1.54, 1.807) is 6.92 Å². The molecule has 0 bridgehead atoms. The van der Waals surface area contributed by atoms with Gasteiger partial charge in [-0.15, -0.1) is 0 Å². The van der Waals surface area contributed by atoms with Crippen LogP contribution in [0.25, 0.3) is 0 Å². The monoisotopic (exact) mass is 269 g/mol. The summed E-state index contributed by atoms with van der Waals surface area (Å²) in [7, 11) is 0. The molecule has 0 N–H and O–H groups in total. The van der Waals surface area contributed by atoms with Crippen molar-refractivity contribution in [3.63, 3.8) is 0 Å². The number of carboxylic acid groups (broad SMARTS) is 1. The van der Waals surface area contributed by atoms with E-state index in [1.165, 1.54) is 0 Å². The third-order valence-electron chi connectivity index (χ3n) is 2.57. The van der Waals surface area contributed by atoms with E-state index >= 15 is 0 Å². The molecule has 0 spiro atoms. The van der Waals surface area contributed by atoms with Crippen molar-refractivity contribution < 1.29 is 48.6 Å². The van der Waals surface area contributed by atoms with Crippen LogP contribution in [0.2, 0.25) is 0 Å². The molecule has 1 amide bonds. The summed E-state index contributed by atoms with van der Waals surface area (Å²) in [4.78, 5) is 23.0. The van der Waals surface area contributed by atoms with E-state index < -0.39 is 24.6 Å². The summed E-state index contributed by atoms with van der Waals surface area (Å²) < 4.78 is 13.4. The van der Waals surface area contributed by atoms with Crippen LogP contribution in [0.4, 0.5) is 4.39 Å². The predicted molar refractivity (Wildman–Crippen MR) is 60.9 cm³/mol. The Kier molecular flexibility index (Phi) is 13.4. The van der Waals surface area contributed by atoms with Crippen molar-refractivity contribution in [1.29, 1.82) is 0 Å². The standard InChI is InChI=1S/C12H22FNO3.Na/c1-3-5-6-7-10(13)8-11(15)14(4-2)9-12(16)17;/h10H,3-9H2,1-2H3,(H,16,17);/q;+1/p-1. The van der Waals surface area contributed by atoms with E-state index in [4.69, 9.17) is 0 Å². The Bertz CT molecular complexity index is 251. The number of carbonyl (C=O) groups excluding carboxylic acids is 2. The zero-order valence-electron chi connectivity index (χ0n) is 11.6. The van der Waals surface area contributed by atoms with Gasteiger partial charge in [-0.25, -0.2) is 4.39 Å². The molecule has 0 rings (SSSR count). The maximum absolute atomic E-state index is 13.4. The largest absolute Gasteiger partial charge is 1.00 e. The van der Waals surface area contributed by atoms with E-state index in [2.05, 4.69) is 0 Å². The molecule has 0 fully saturated rings. The molecular weight excluding hydrogens is 248 g/mol. The second-order valence-electron chi connectivity index (χ2n) is 4.08. The van der Waals surface area contributed by atoms with E-state index in [9.17, 15) is 19.1 Å². The number of nitrogens with zero attached hydrogens (tertiary/aromatic N) is 1. The second-order valence-corrected chi connectivity index (χ2v) is 4.08. The number of hydrogen-bond acceptors (Lipinski definition) is 3. The van der Waals surface area contributed by atoms with Gasteiger partial charge >= 0.3 is 29.6 Å². The van der Waals surface area contributed by atoms with Gasteiger partial charge < -0.3 is 14.8 Å². The SMILES string of the molecule is CCCCCC(F)CC(=O)N(CC)CC(=O)[O-].[Na+]. The molecule has 18 heavy (non-hydrogen) atoms. The predicted octanol–water partition coefficient (Wildman–Crippen LogP) is -2.10. The summed E-state index contributed by atoms with van der Waals surface area (Å²) in [5.74, 6) is -1.78. The Hall–Kier alpha value is -0.130. The number of unbranched alkanes of at least 4 members (excludes halogenated alkanes) is 2. The minimum Gasteiger partial charge on any atom is -0.548 e. The van der Waals surface area contributed by atoms with Gasteiger partial charge in [0, 0.05) is 6.54 Å². The summed E-state index contributed by atoms with van der Waals surface area (Å²) in [5.41, 5.74) is 0. The molecule has 0 aliphatic rings. The Morgan fingerprint density at radius 2 is 1.89 bits per heavy atom. The van der Waals surface area contributed by atoms with Crippen molar-refractivity contribution in [2.75, 3.05) is 13.1 Å². The Balaban J connectivity index is 0. The minimum absolute atomic E-state index is 0. The third-order valence-corrected chi connectivity index (χ3v) is 2.57. The maximum Gasteiger partial charge on any atom is 1.00 e. The quantitative estimate of drug-likeness (QED) is 0.356. The van der Waals surface area contributed by atoms with Crippen LogP contribution in [0.15, 0.2) is 0 Å². The van der Waals surface area contributed by atoms with Gasteiger partial charge in [0.15, 0.2) is 0 Å². The molecule has 6 heteroatoms. The normalized spacial score (nSPS) is 11.5. The van der Waals surface area contributed by atoms with Crippen LogP contribution in [-0.4, -0.2) is 36.0 Å². The molecule has 0 saturated heterocycles.